The molecule has 0 aliphatic carbocycles. The number of hydrogen-bond donors (Lipinski definition) is 0. The van der Waals surface area contributed by atoms with Crippen molar-refractivity contribution in [3.05, 3.63) is 28.8 Å². The summed E-state index contributed by atoms with van der Waals surface area (Å²) >= 11 is 8.03. The smallest absolute Gasteiger partial charge is 0.164 e. The molecule has 96 valence electrons. The topological polar surface area (TPSA) is 15.6 Å². The second-order valence-electron chi connectivity index (χ2n) is 4.98. The molecule has 0 spiro atoms. The lowest BCUT2D eigenvalue weighted by molar-refractivity contribution is 0.275. The van der Waals surface area contributed by atoms with Crippen LogP contribution in [0.25, 0.3) is 0 Å². The van der Waals surface area contributed by atoms with Crippen molar-refractivity contribution in [1.82, 2.24) is 4.90 Å². The van der Waals surface area contributed by atoms with Crippen LogP contribution in [-0.4, -0.2) is 28.4 Å². The number of aliphatic imine (C=N–C) groups is 1. The van der Waals surface area contributed by atoms with E-state index in [1.807, 2.05) is 36.9 Å². The lowest BCUT2D eigenvalue weighted by Crippen LogP contribution is -2.37. The first kappa shape index (κ1) is 12.4. The molecule has 3 rings (SSSR count). The predicted molar refractivity (Wildman–Crippen MR) is 80.1 cm³/mol. The monoisotopic (exact) mass is 280 g/mol. The van der Waals surface area contributed by atoms with Crippen LogP contribution in [0.1, 0.15) is 24.8 Å². The number of rotatable bonds is 1. The van der Waals surface area contributed by atoms with Crippen molar-refractivity contribution in [3.63, 3.8) is 0 Å². The summed E-state index contributed by atoms with van der Waals surface area (Å²) in [5, 5.41) is 1.98. The minimum Gasteiger partial charge on any atom is -0.347 e. The third-order valence-corrected chi connectivity index (χ3v) is 5.20. The first-order valence-corrected chi connectivity index (χ1v) is 7.85. The van der Waals surface area contributed by atoms with Gasteiger partial charge in [-0.15, -0.1) is 0 Å². The highest BCUT2D eigenvalue weighted by atomic mass is 35.5. The van der Waals surface area contributed by atoms with E-state index in [2.05, 4.69) is 4.90 Å². The van der Waals surface area contributed by atoms with Crippen molar-refractivity contribution in [2.45, 2.75) is 32.2 Å². The van der Waals surface area contributed by atoms with Crippen molar-refractivity contribution >= 4 is 34.2 Å². The van der Waals surface area contributed by atoms with Crippen LogP contribution in [0.5, 0.6) is 0 Å². The molecular formula is C14H17ClN2S. The maximum Gasteiger partial charge on any atom is 0.164 e. The molecule has 1 atom stereocenters. The Morgan fingerprint density at radius 3 is 3.11 bits per heavy atom. The molecule has 0 radical (unpaired) electrons. The second kappa shape index (κ2) is 5.14. The highest BCUT2D eigenvalue weighted by Crippen LogP contribution is 2.33. The van der Waals surface area contributed by atoms with Crippen molar-refractivity contribution in [2.75, 3.05) is 12.3 Å². The van der Waals surface area contributed by atoms with E-state index >= 15 is 0 Å². The fourth-order valence-corrected chi connectivity index (χ4v) is 3.98. The van der Waals surface area contributed by atoms with Crippen LogP contribution >= 0.6 is 23.4 Å². The van der Waals surface area contributed by atoms with Crippen LogP contribution in [-0.2, 0) is 0 Å². The number of amidine groups is 1. The molecule has 2 fully saturated rings. The van der Waals surface area contributed by atoms with Crippen LogP contribution < -0.4 is 0 Å². The summed E-state index contributed by atoms with van der Waals surface area (Å²) in [6, 6.07) is 6.76. The average molecular weight is 281 g/mol. The second-order valence-corrected chi connectivity index (χ2v) is 6.38. The quantitative estimate of drug-likeness (QED) is 0.765. The normalized spacial score (nSPS) is 25.6. The fourth-order valence-electron chi connectivity index (χ4n) is 2.54. The zero-order valence-electron chi connectivity index (χ0n) is 10.5. The van der Waals surface area contributed by atoms with Crippen molar-refractivity contribution in [1.29, 1.82) is 0 Å². The number of fused-ring (bicyclic) bond motifs is 1. The van der Waals surface area contributed by atoms with E-state index in [1.165, 1.54) is 30.2 Å². The molecule has 2 nitrogen and oxygen atoms in total. The summed E-state index contributed by atoms with van der Waals surface area (Å²) in [4.78, 5) is 7.24. The SMILES string of the molecule is Cc1ccc(N=C2SCC3CCCCN23)cc1Cl. The summed E-state index contributed by atoms with van der Waals surface area (Å²) in [6.07, 6.45) is 3.98. The van der Waals surface area contributed by atoms with Gasteiger partial charge in [-0.3, -0.25) is 0 Å². The highest BCUT2D eigenvalue weighted by Gasteiger charge is 2.31. The van der Waals surface area contributed by atoms with Crippen molar-refractivity contribution in [2.24, 2.45) is 4.99 Å². The first-order chi connectivity index (χ1) is 8.74. The van der Waals surface area contributed by atoms with Crippen LogP contribution in [0.15, 0.2) is 23.2 Å². The zero-order valence-corrected chi connectivity index (χ0v) is 12.1. The Kier molecular flexibility index (Phi) is 3.53. The summed E-state index contributed by atoms with van der Waals surface area (Å²) in [5.41, 5.74) is 2.08. The summed E-state index contributed by atoms with van der Waals surface area (Å²) in [5.74, 6) is 1.19. The predicted octanol–water partition coefficient (Wildman–Crippen LogP) is 4.24. The maximum atomic E-state index is 6.15. The van der Waals surface area contributed by atoms with Gasteiger partial charge in [-0.25, -0.2) is 4.99 Å². The third kappa shape index (κ3) is 2.39. The van der Waals surface area contributed by atoms with Gasteiger partial charge in [0, 0.05) is 23.4 Å². The summed E-state index contributed by atoms with van der Waals surface area (Å²) in [6.45, 7) is 3.18. The van der Waals surface area contributed by atoms with E-state index in [0.717, 1.165) is 22.8 Å². The number of halogens is 1. The Bertz CT molecular complexity index is 487. The van der Waals surface area contributed by atoms with Gasteiger partial charge in [-0.1, -0.05) is 29.4 Å². The van der Waals surface area contributed by atoms with E-state index in [1.54, 1.807) is 0 Å². The zero-order chi connectivity index (χ0) is 12.5. The molecule has 18 heavy (non-hydrogen) atoms. The van der Waals surface area contributed by atoms with Crippen LogP contribution in [0, 0.1) is 6.92 Å². The number of nitrogens with zero attached hydrogens (tertiary/aromatic N) is 2. The van der Waals surface area contributed by atoms with Gasteiger partial charge in [-0.2, -0.15) is 0 Å². The van der Waals surface area contributed by atoms with Gasteiger partial charge in [-0.05, 0) is 43.9 Å². The van der Waals surface area contributed by atoms with Gasteiger partial charge in [0.05, 0.1) is 5.69 Å². The minimum absolute atomic E-state index is 0.712. The molecule has 1 aromatic rings. The highest BCUT2D eigenvalue weighted by molar-refractivity contribution is 8.14. The lowest BCUT2D eigenvalue weighted by Gasteiger charge is -2.30. The molecule has 1 unspecified atom stereocenters. The largest absolute Gasteiger partial charge is 0.347 e. The van der Waals surface area contributed by atoms with Crippen LogP contribution in [0.3, 0.4) is 0 Å². The maximum absolute atomic E-state index is 6.15. The molecule has 2 saturated heterocycles. The third-order valence-electron chi connectivity index (χ3n) is 3.66. The Hall–Kier alpha value is -0.670. The van der Waals surface area contributed by atoms with E-state index in [-0.39, 0.29) is 0 Å². The molecule has 0 bridgehead atoms. The minimum atomic E-state index is 0.712. The number of piperidine rings is 1. The lowest BCUT2D eigenvalue weighted by atomic mass is 10.1. The Balaban J connectivity index is 1.85. The van der Waals surface area contributed by atoms with E-state index in [0.29, 0.717) is 6.04 Å². The molecule has 0 saturated carbocycles. The van der Waals surface area contributed by atoms with Gasteiger partial charge in [0.25, 0.3) is 0 Å². The number of hydrogen-bond acceptors (Lipinski definition) is 2. The first-order valence-electron chi connectivity index (χ1n) is 6.48. The number of aryl methyl sites for hydroxylation is 1. The molecule has 2 heterocycles. The van der Waals surface area contributed by atoms with Gasteiger partial charge >= 0.3 is 0 Å². The summed E-state index contributed by atoms with van der Waals surface area (Å²) < 4.78 is 0. The Labute approximate surface area is 117 Å². The van der Waals surface area contributed by atoms with Gasteiger partial charge < -0.3 is 4.90 Å². The Morgan fingerprint density at radius 2 is 2.28 bits per heavy atom. The molecular weight excluding hydrogens is 264 g/mol. The van der Waals surface area contributed by atoms with Crippen molar-refractivity contribution < 1.29 is 0 Å². The van der Waals surface area contributed by atoms with Crippen LogP contribution in [0.2, 0.25) is 5.02 Å². The van der Waals surface area contributed by atoms with Gasteiger partial charge in [0.15, 0.2) is 5.17 Å². The standard InChI is InChI=1S/C14H17ClN2S/c1-10-5-6-11(8-13(10)15)16-14-17-7-3-2-4-12(17)9-18-14/h5-6,8,12H,2-4,7,9H2,1H3. The summed E-state index contributed by atoms with van der Waals surface area (Å²) in [7, 11) is 0. The number of benzene rings is 1. The molecule has 2 aliphatic rings. The molecule has 2 aliphatic heterocycles. The van der Waals surface area contributed by atoms with Crippen molar-refractivity contribution in [3.8, 4) is 0 Å². The number of thioether (sulfide) groups is 1. The van der Waals surface area contributed by atoms with E-state index in [9.17, 15) is 0 Å². The van der Waals surface area contributed by atoms with E-state index in [4.69, 9.17) is 16.6 Å². The van der Waals surface area contributed by atoms with Gasteiger partial charge in [0.2, 0.25) is 0 Å². The van der Waals surface area contributed by atoms with Gasteiger partial charge in [0.1, 0.15) is 0 Å². The molecule has 0 N–H and O–H groups in total. The Morgan fingerprint density at radius 1 is 1.39 bits per heavy atom. The molecule has 0 amide bonds. The molecule has 0 aromatic heterocycles. The van der Waals surface area contributed by atoms with Crippen LogP contribution in [0.4, 0.5) is 5.69 Å². The van der Waals surface area contributed by atoms with E-state index < -0.39 is 0 Å². The fraction of sp³-hybridized carbons (Fsp3) is 0.500. The molecule has 4 heteroatoms. The molecule has 1 aromatic carbocycles. The average Bonchev–Trinajstić information content (AvgIpc) is 2.78.